The second kappa shape index (κ2) is 14.7. The highest BCUT2D eigenvalue weighted by Gasteiger charge is 2.71. The van der Waals surface area contributed by atoms with Crippen LogP contribution >= 0.6 is 0 Å². The molecule has 7 aliphatic rings. The van der Waals surface area contributed by atoms with Crippen LogP contribution in [0.15, 0.2) is 11.6 Å². The van der Waals surface area contributed by atoms with E-state index < -0.39 is 126 Å². The molecule has 0 amide bonds. The maximum absolute atomic E-state index is 15.0. The minimum atomic E-state index is -1.87. The lowest BCUT2D eigenvalue weighted by atomic mass is 9.33. The summed E-state index contributed by atoms with van der Waals surface area (Å²) in [4.78, 5) is 15.0. The van der Waals surface area contributed by atoms with E-state index in [1.807, 2.05) is 13.8 Å². The van der Waals surface area contributed by atoms with Gasteiger partial charge in [0.05, 0.1) is 36.9 Å². The molecule has 20 atom stereocenters. The van der Waals surface area contributed by atoms with E-state index >= 15 is 4.79 Å². The van der Waals surface area contributed by atoms with Gasteiger partial charge in [-0.25, -0.2) is 0 Å². The summed E-state index contributed by atoms with van der Waals surface area (Å²) >= 11 is 0. The lowest BCUT2D eigenvalue weighted by Crippen LogP contribution is -2.68. The summed E-state index contributed by atoms with van der Waals surface area (Å²) in [5, 5.41) is 108. The number of rotatable bonds is 6. The van der Waals surface area contributed by atoms with Crippen molar-refractivity contribution >= 4 is 5.97 Å². The standard InChI is InChI=1S/C42H68O15/c1-37(2)12-14-42(36(53)57-35-31(29(49)27(47)22(18-44)55-35)56-34-30(50)28(48)26(46)21(17-43)54-34)15-13-40(6)19(25(42)33(37)52)8-9-24-39(5)16-20(45)32(51)38(3,4)23(39)10-11-41(24,40)7/h8,20-35,43-52H,9-18H2,1-7H3/t20-,21-,22-,23+,24-,25-,26-,27-,28+,29+,30-,31-,32-,33+,34+,35+,39+,40-,41-,42+/m1/s1. The molecule has 57 heavy (non-hydrogen) atoms. The van der Waals surface area contributed by atoms with Crippen molar-refractivity contribution in [3.8, 4) is 0 Å². The number of aliphatic hydroxyl groups is 10. The molecule has 2 saturated heterocycles. The van der Waals surface area contributed by atoms with Gasteiger partial charge in [-0.3, -0.25) is 4.79 Å². The predicted molar refractivity (Wildman–Crippen MR) is 200 cm³/mol. The highest BCUT2D eigenvalue weighted by atomic mass is 16.8. The molecule has 0 unspecified atom stereocenters. The smallest absolute Gasteiger partial charge is 0.315 e. The molecule has 0 aromatic heterocycles. The van der Waals surface area contributed by atoms with Crippen LogP contribution in [-0.2, 0) is 23.7 Å². The Morgan fingerprint density at radius 2 is 1.32 bits per heavy atom. The molecule has 0 bridgehead atoms. The number of ether oxygens (including phenoxy) is 4. The fraction of sp³-hybridized carbons (Fsp3) is 0.929. The van der Waals surface area contributed by atoms with Gasteiger partial charge in [0.2, 0.25) is 6.29 Å². The molecule has 0 spiro atoms. The Morgan fingerprint density at radius 3 is 1.95 bits per heavy atom. The summed E-state index contributed by atoms with van der Waals surface area (Å²) in [6.45, 7) is 13.5. The number of esters is 1. The number of hydrogen-bond donors (Lipinski definition) is 10. The van der Waals surface area contributed by atoms with Crippen molar-refractivity contribution in [2.75, 3.05) is 13.2 Å². The molecule has 0 aromatic carbocycles. The Kier molecular flexibility index (Phi) is 11.3. The van der Waals surface area contributed by atoms with E-state index in [-0.39, 0.29) is 22.7 Å². The van der Waals surface area contributed by atoms with Gasteiger partial charge in [0.1, 0.15) is 42.7 Å². The summed E-state index contributed by atoms with van der Waals surface area (Å²) in [5.74, 6) is -1.04. The van der Waals surface area contributed by atoms with E-state index in [0.717, 1.165) is 18.4 Å². The molecule has 4 saturated carbocycles. The highest BCUT2D eigenvalue weighted by molar-refractivity contribution is 5.79. The van der Waals surface area contributed by atoms with Crippen LogP contribution in [0.5, 0.6) is 0 Å². The molecule has 7 rings (SSSR count). The Morgan fingerprint density at radius 1 is 0.719 bits per heavy atom. The Labute approximate surface area is 335 Å². The third-order valence-corrected chi connectivity index (χ3v) is 17.4. The van der Waals surface area contributed by atoms with Crippen molar-refractivity contribution in [1.82, 2.24) is 0 Å². The number of hydrogen-bond acceptors (Lipinski definition) is 15. The lowest BCUT2D eigenvalue weighted by molar-refractivity contribution is -0.364. The SMILES string of the molecule is CC1(C)CC[C@]2(C(=O)O[C@@H]3O[C@H](CO)[C@@H](O)[C@H](O)[C@H]3O[C@@H]3O[C@H](CO)[C@@H](O)[C@H](O)[C@H]3O)CC[C@]3(C)C(=CC[C@@H]4[C@@]5(C)C[C@@H](O)[C@@H](O)C(C)(C)[C@@H]5CC[C@]43C)[C@@H]2[C@@H]1O. The minimum absolute atomic E-state index is 0.159. The van der Waals surface area contributed by atoms with Crippen molar-refractivity contribution in [1.29, 1.82) is 0 Å². The zero-order valence-corrected chi connectivity index (χ0v) is 34.4. The second-order valence-electron chi connectivity index (χ2n) is 20.8. The molecule has 326 valence electrons. The average Bonchev–Trinajstić information content (AvgIpc) is 3.15. The van der Waals surface area contributed by atoms with Crippen LogP contribution in [-0.4, -0.2) is 150 Å². The monoisotopic (exact) mass is 812 g/mol. The van der Waals surface area contributed by atoms with Crippen LogP contribution in [0.1, 0.15) is 99.8 Å². The van der Waals surface area contributed by atoms with Crippen molar-refractivity contribution in [2.24, 2.45) is 50.2 Å². The third kappa shape index (κ3) is 6.26. The van der Waals surface area contributed by atoms with Gasteiger partial charge in [0.25, 0.3) is 0 Å². The van der Waals surface area contributed by atoms with Crippen molar-refractivity contribution in [3.63, 3.8) is 0 Å². The van der Waals surface area contributed by atoms with Gasteiger partial charge in [-0.2, -0.15) is 0 Å². The molecular weight excluding hydrogens is 744 g/mol. The topological polar surface area (TPSA) is 256 Å². The van der Waals surface area contributed by atoms with Gasteiger partial charge in [0, 0.05) is 5.92 Å². The fourth-order valence-electron chi connectivity index (χ4n) is 13.6. The van der Waals surface area contributed by atoms with Gasteiger partial charge in [-0.1, -0.05) is 60.1 Å². The van der Waals surface area contributed by atoms with Gasteiger partial charge < -0.3 is 70.0 Å². The highest BCUT2D eigenvalue weighted by Crippen LogP contribution is 2.76. The molecular formula is C42H68O15. The molecule has 15 heteroatoms. The van der Waals surface area contributed by atoms with Crippen molar-refractivity contribution in [3.05, 3.63) is 11.6 Å². The summed E-state index contributed by atoms with van der Waals surface area (Å²) in [6, 6.07) is 0. The first kappa shape index (κ1) is 43.8. The van der Waals surface area contributed by atoms with E-state index in [9.17, 15) is 51.1 Å². The molecule has 10 N–H and O–H groups in total. The summed E-state index contributed by atoms with van der Waals surface area (Å²) in [7, 11) is 0. The summed E-state index contributed by atoms with van der Waals surface area (Å²) in [5.41, 5.74) is -2.30. The van der Waals surface area contributed by atoms with E-state index in [2.05, 4.69) is 40.7 Å². The molecule has 0 radical (unpaired) electrons. The van der Waals surface area contributed by atoms with E-state index in [4.69, 9.17) is 18.9 Å². The Balaban J connectivity index is 1.23. The maximum atomic E-state index is 15.0. The molecule has 2 heterocycles. The van der Waals surface area contributed by atoms with E-state index in [0.29, 0.717) is 38.5 Å². The quantitative estimate of drug-likeness (QED) is 0.128. The fourth-order valence-corrected chi connectivity index (χ4v) is 13.6. The number of allylic oxidation sites excluding steroid dienone is 1. The Bertz CT molecular complexity index is 1550. The van der Waals surface area contributed by atoms with E-state index in [1.54, 1.807) is 0 Å². The molecule has 2 aliphatic heterocycles. The normalized spacial score (nSPS) is 54.3. The maximum Gasteiger partial charge on any atom is 0.315 e. The first-order chi connectivity index (χ1) is 26.5. The van der Waals surface area contributed by atoms with Crippen LogP contribution in [0.3, 0.4) is 0 Å². The van der Waals surface area contributed by atoms with Gasteiger partial charge in [0.15, 0.2) is 12.4 Å². The minimum Gasteiger partial charge on any atom is -0.432 e. The molecule has 6 fully saturated rings. The van der Waals surface area contributed by atoms with Crippen LogP contribution < -0.4 is 0 Å². The van der Waals surface area contributed by atoms with Crippen LogP contribution in [0.4, 0.5) is 0 Å². The summed E-state index contributed by atoms with van der Waals surface area (Å²) in [6.07, 6.45) is -12.6. The van der Waals surface area contributed by atoms with E-state index in [1.165, 1.54) is 0 Å². The first-order valence-electron chi connectivity index (χ1n) is 21.0. The van der Waals surface area contributed by atoms with Crippen molar-refractivity contribution < 1.29 is 74.8 Å². The largest absolute Gasteiger partial charge is 0.432 e. The molecule has 15 nitrogen and oxygen atoms in total. The van der Waals surface area contributed by atoms with Crippen molar-refractivity contribution in [2.45, 2.75) is 180 Å². The van der Waals surface area contributed by atoms with Gasteiger partial charge in [-0.15, -0.1) is 0 Å². The lowest BCUT2D eigenvalue weighted by Gasteiger charge is -2.71. The number of fused-ring (bicyclic) bond motifs is 7. The average molecular weight is 813 g/mol. The second-order valence-corrected chi connectivity index (χ2v) is 20.8. The zero-order chi connectivity index (χ0) is 42.0. The predicted octanol–water partition coefficient (Wildman–Crippen LogP) is 0.258. The number of carbonyl (C=O) groups excluding carboxylic acids is 1. The Hall–Kier alpha value is -1.31. The third-order valence-electron chi connectivity index (χ3n) is 17.4. The van der Waals surface area contributed by atoms with Crippen LogP contribution in [0, 0.1) is 50.2 Å². The molecule has 5 aliphatic carbocycles. The summed E-state index contributed by atoms with van der Waals surface area (Å²) < 4.78 is 23.4. The zero-order valence-electron chi connectivity index (χ0n) is 34.4. The van der Waals surface area contributed by atoms with Crippen LogP contribution in [0.2, 0.25) is 0 Å². The number of aliphatic hydroxyl groups excluding tert-OH is 10. The van der Waals surface area contributed by atoms with Crippen LogP contribution in [0.25, 0.3) is 0 Å². The molecule has 0 aromatic rings. The van der Waals surface area contributed by atoms with Gasteiger partial charge in [-0.05, 0) is 90.3 Å². The van der Waals surface area contributed by atoms with Gasteiger partial charge >= 0.3 is 5.97 Å². The number of carbonyl (C=O) groups is 1. The first-order valence-corrected chi connectivity index (χ1v) is 21.0.